The molecular weight excluding hydrogens is 495 g/mol. The monoisotopic (exact) mass is 546 g/mol. The van der Waals surface area contributed by atoms with Crippen LogP contribution in [0, 0.1) is 0 Å². The van der Waals surface area contributed by atoms with Crippen LogP contribution in [0.1, 0.15) is 117 Å². The Balaban J connectivity index is 2.09. The maximum atomic E-state index is 4.65. The molecule has 2 rings (SSSR count). The number of halogens is 1. The fourth-order valence-electron chi connectivity index (χ4n) is 5.47. The molecule has 0 aliphatic rings. The van der Waals surface area contributed by atoms with Crippen LogP contribution < -0.4 is 10.6 Å². The molecule has 0 fully saturated rings. The molecule has 0 saturated heterocycles. The van der Waals surface area contributed by atoms with E-state index in [0.717, 1.165) is 0 Å². The molecule has 192 valence electrons. The van der Waals surface area contributed by atoms with E-state index in [2.05, 4.69) is 90.0 Å². The van der Waals surface area contributed by atoms with Gasteiger partial charge in [-0.1, -0.05) is 0 Å². The van der Waals surface area contributed by atoms with Crippen molar-refractivity contribution in [3.05, 3.63) is 60.7 Å². The number of benzene rings is 2. The van der Waals surface area contributed by atoms with Gasteiger partial charge in [0.2, 0.25) is 0 Å². The second-order valence-corrected chi connectivity index (χ2v) is 20.3. The van der Waals surface area contributed by atoms with Gasteiger partial charge in [-0.25, -0.2) is 0 Å². The normalized spacial score (nSPS) is 13.0. The molecule has 0 aliphatic heterocycles. The van der Waals surface area contributed by atoms with Gasteiger partial charge in [0, 0.05) is 0 Å². The third-order valence-electron chi connectivity index (χ3n) is 7.65. The summed E-state index contributed by atoms with van der Waals surface area (Å²) < 4.78 is 0. The Morgan fingerprint density at radius 1 is 0.441 bits per heavy atom. The first-order chi connectivity index (χ1) is 16.6. The van der Waals surface area contributed by atoms with Crippen molar-refractivity contribution in [1.82, 2.24) is 0 Å². The van der Waals surface area contributed by atoms with E-state index in [1.165, 1.54) is 115 Å². The summed E-state index contributed by atoms with van der Waals surface area (Å²) in [7, 11) is 0. The zero-order valence-corrected chi connectivity index (χ0v) is 24.8. The third kappa shape index (κ3) is 9.43. The summed E-state index contributed by atoms with van der Waals surface area (Å²) >= 11 is 4.65. The van der Waals surface area contributed by atoms with E-state index in [1.54, 1.807) is 10.6 Å². The van der Waals surface area contributed by atoms with E-state index in [1.807, 2.05) is 0 Å². The van der Waals surface area contributed by atoms with Crippen LogP contribution in [0.5, 0.6) is 0 Å². The quantitative estimate of drug-likeness (QED) is 0.114. The second-order valence-electron chi connectivity index (χ2n) is 10.4. The average Bonchev–Trinajstić information content (AvgIpc) is 2.88. The molecule has 0 amide bonds. The van der Waals surface area contributed by atoms with E-state index < -0.39 is 5.31 Å². The zero-order chi connectivity index (χ0) is 24.4. The van der Waals surface area contributed by atoms with Crippen LogP contribution in [-0.2, 0) is 0 Å². The van der Waals surface area contributed by atoms with Gasteiger partial charge in [0.05, 0.1) is 0 Å². The molecule has 0 spiro atoms. The Morgan fingerprint density at radius 3 is 1.06 bits per heavy atom. The zero-order valence-electron chi connectivity index (χ0n) is 22.3. The Bertz CT molecular complexity index is 679. The van der Waals surface area contributed by atoms with Gasteiger partial charge in [-0.15, -0.1) is 0 Å². The van der Waals surface area contributed by atoms with Crippen molar-refractivity contribution < 1.29 is 0 Å². The van der Waals surface area contributed by atoms with Crippen LogP contribution in [0.25, 0.3) is 0 Å². The van der Waals surface area contributed by atoms with E-state index in [-0.39, 0.29) is 0 Å². The molecule has 0 atom stereocenters. The van der Waals surface area contributed by atoms with Crippen molar-refractivity contribution in [2.75, 3.05) is 12.3 Å². The average molecular weight is 548 g/mol. The molecule has 34 heavy (non-hydrogen) atoms. The van der Waals surface area contributed by atoms with E-state index >= 15 is 0 Å². The van der Waals surface area contributed by atoms with E-state index in [4.69, 9.17) is 0 Å². The first-order valence-electron chi connectivity index (χ1n) is 14.5. The Kier molecular flexibility index (Phi) is 14.7. The summed E-state index contributed by atoms with van der Waals surface area (Å²) in [4.78, 5) is 0. The van der Waals surface area contributed by atoms with E-state index in [9.17, 15) is 0 Å². The molecule has 0 bridgehead atoms. The molecule has 0 heterocycles. The first kappa shape index (κ1) is 29.6. The minimum absolute atomic E-state index is 1.30. The number of hydrogen-bond donors (Lipinski definition) is 0. The molecule has 2 aromatic rings. The van der Waals surface area contributed by atoms with Gasteiger partial charge < -0.3 is 0 Å². The Labute approximate surface area is 220 Å². The fraction of sp³-hybridized carbons (Fsp3) is 0.625. The van der Waals surface area contributed by atoms with Crippen molar-refractivity contribution in [3.8, 4) is 0 Å². The van der Waals surface area contributed by atoms with Crippen molar-refractivity contribution in [2.45, 2.75) is 117 Å². The summed E-state index contributed by atoms with van der Waals surface area (Å²) in [6.45, 7) is 4.61. The van der Waals surface area contributed by atoms with Crippen molar-refractivity contribution in [1.29, 1.82) is 0 Å². The molecule has 0 aliphatic carbocycles. The van der Waals surface area contributed by atoms with Crippen LogP contribution in [0.15, 0.2) is 60.7 Å². The van der Waals surface area contributed by atoms with Crippen LogP contribution in [-0.4, -0.2) is 12.3 Å². The molecule has 0 nitrogen and oxygen atoms in total. The number of unbranched alkanes of at least 4 members (excludes halogenated alkanes) is 14. The molecule has 2 heteroatoms. The molecule has 2 aromatic carbocycles. The maximum absolute atomic E-state index is 4.65. The topological polar surface area (TPSA) is 0 Å². The fourth-order valence-corrected chi connectivity index (χ4v) is 13.4. The van der Waals surface area contributed by atoms with Gasteiger partial charge in [0.15, 0.2) is 0 Å². The Hall–Kier alpha value is -0.650. The standard InChI is InChI=1S/C32H52BrP/c1-3-5-7-9-11-13-15-23-29-34(33,31-25-19-17-20-26-31,32-27-21-18-22-28-32)30-24-16-14-12-10-8-6-4-2/h17-22,25-28H,3-16,23-24,29-30H2,1-2H3. The molecule has 0 aromatic heterocycles. The second kappa shape index (κ2) is 16.9. The van der Waals surface area contributed by atoms with Gasteiger partial charge in [-0.05, 0) is 0 Å². The SMILES string of the molecule is CCCCCCCCCCP(Br)(CCCCCCCCCC)(c1ccccc1)c1ccccc1. The summed E-state index contributed by atoms with van der Waals surface area (Å²) in [6.07, 6.45) is 24.7. The predicted molar refractivity (Wildman–Crippen MR) is 163 cm³/mol. The number of hydrogen-bond acceptors (Lipinski definition) is 0. The third-order valence-corrected chi connectivity index (χ3v) is 17.7. The predicted octanol–water partition coefficient (Wildman–Crippen LogP) is 10.8. The summed E-state index contributed by atoms with van der Waals surface area (Å²) in [5, 5.41) is 0.715. The van der Waals surface area contributed by atoms with Crippen molar-refractivity contribution >= 4 is 31.4 Å². The molecule has 0 unspecified atom stereocenters. The van der Waals surface area contributed by atoms with Crippen molar-refractivity contribution in [2.24, 2.45) is 0 Å². The molecule has 0 saturated carbocycles. The van der Waals surface area contributed by atoms with Crippen LogP contribution in [0.4, 0.5) is 0 Å². The van der Waals surface area contributed by atoms with Crippen LogP contribution >= 0.6 is 20.8 Å². The van der Waals surface area contributed by atoms with Crippen LogP contribution in [0.3, 0.4) is 0 Å². The summed E-state index contributed by atoms with van der Waals surface area (Å²) in [5.74, 6) is 0. The summed E-state index contributed by atoms with van der Waals surface area (Å²) in [5.41, 5.74) is 0. The number of rotatable bonds is 20. The van der Waals surface area contributed by atoms with Gasteiger partial charge >= 0.3 is 221 Å². The Morgan fingerprint density at radius 2 is 0.735 bits per heavy atom. The molecule has 0 radical (unpaired) electrons. The van der Waals surface area contributed by atoms with Crippen molar-refractivity contribution in [3.63, 3.8) is 0 Å². The van der Waals surface area contributed by atoms with Gasteiger partial charge in [0.25, 0.3) is 0 Å². The van der Waals surface area contributed by atoms with Gasteiger partial charge in [-0.2, -0.15) is 0 Å². The van der Waals surface area contributed by atoms with Crippen LogP contribution in [0.2, 0.25) is 0 Å². The molecule has 0 N–H and O–H groups in total. The van der Waals surface area contributed by atoms with E-state index in [0.29, 0.717) is 0 Å². The molecular formula is C32H52BrP. The summed E-state index contributed by atoms with van der Waals surface area (Å²) in [6, 6.07) is 23.0. The minimum atomic E-state index is -2.41. The van der Waals surface area contributed by atoms with Gasteiger partial charge in [0.1, 0.15) is 0 Å². The van der Waals surface area contributed by atoms with Gasteiger partial charge in [-0.3, -0.25) is 0 Å². The first-order valence-corrected chi connectivity index (χ1v) is 19.1.